The molecule has 3 rings (SSSR count). The van der Waals surface area contributed by atoms with Crippen molar-refractivity contribution in [3.63, 3.8) is 0 Å². The van der Waals surface area contributed by atoms with Gasteiger partial charge in [-0.2, -0.15) is 0 Å². The van der Waals surface area contributed by atoms with Crippen LogP contribution in [-0.4, -0.2) is 34.2 Å². The first-order valence-electron chi connectivity index (χ1n) is 8.04. The number of benzene rings is 2. The second-order valence-electron chi connectivity index (χ2n) is 5.58. The fourth-order valence-electron chi connectivity index (χ4n) is 2.50. The monoisotopic (exact) mass is 355 g/mol. The van der Waals surface area contributed by atoms with E-state index in [4.69, 9.17) is 9.47 Å². The minimum atomic E-state index is 0.616. The third kappa shape index (κ3) is 4.14. The highest BCUT2D eigenvalue weighted by Gasteiger charge is 2.14. The van der Waals surface area contributed by atoms with E-state index in [-0.39, 0.29) is 0 Å². The number of methoxy groups -OCH3 is 1. The van der Waals surface area contributed by atoms with Crippen LogP contribution in [0.2, 0.25) is 0 Å². The lowest BCUT2D eigenvalue weighted by molar-refractivity contribution is 0.343. The normalized spacial score (nSPS) is 10.7. The van der Waals surface area contributed by atoms with Gasteiger partial charge in [-0.25, -0.2) is 0 Å². The summed E-state index contributed by atoms with van der Waals surface area (Å²) in [4.78, 5) is 0. The van der Waals surface area contributed by atoms with Gasteiger partial charge in [-0.05, 0) is 36.8 Å². The summed E-state index contributed by atoms with van der Waals surface area (Å²) in [6, 6.07) is 15.9. The van der Waals surface area contributed by atoms with E-state index in [9.17, 15) is 0 Å². The Hall–Kier alpha value is -2.47. The SMILES string of the molecule is COc1ccccc1-c1nnc(SCCOc2cccc(C)c2)n1C. The van der Waals surface area contributed by atoms with E-state index in [0.717, 1.165) is 33.8 Å². The molecule has 0 aliphatic rings. The molecular formula is C19H21N3O2S. The van der Waals surface area contributed by atoms with Crippen molar-refractivity contribution in [1.82, 2.24) is 14.8 Å². The Morgan fingerprint density at radius 2 is 1.92 bits per heavy atom. The van der Waals surface area contributed by atoms with Gasteiger partial charge >= 0.3 is 0 Å². The zero-order valence-electron chi connectivity index (χ0n) is 14.6. The third-order valence-corrected chi connectivity index (χ3v) is 4.74. The molecule has 0 unspecified atom stereocenters. The van der Waals surface area contributed by atoms with Crippen molar-refractivity contribution in [3.05, 3.63) is 54.1 Å². The van der Waals surface area contributed by atoms with Gasteiger partial charge in [0.25, 0.3) is 0 Å². The van der Waals surface area contributed by atoms with E-state index in [1.807, 2.05) is 54.1 Å². The van der Waals surface area contributed by atoms with Crippen molar-refractivity contribution < 1.29 is 9.47 Å². The molecule has 0 aliphatic carbocycles. The highest BCUT2D eigenvalue weighted by molar-refractivity contribution is 7.99. The molecule has 0 N–H and O–H groups in total. The number of rotatable bonds is 7. The van der Waals surface area contributed by atoms with Crippen molar-refractivity contribution >= 4 is 11.8 Å². The second-order valence-corrected chi connectivity index (χ2v) is 6.64. The van der Waals surface area contributed by atoms with Crippen LogP contribution in [0.4, 0.5) is 0 Å². The first-order valence-corrected chi connectivity index (χ1v) is 9.02. The van der Waals surface area contributed by atoms with E-state index in [0.29, 0.717) is 6.61 Å². The Bertz CT molecular complexity index is 848. The van der Waals surface area contributed by atoms with E-state index >= 15 is 0 Å². The maximum Gasteiger partial charge on any atom is 0.191 e. The van der Waals surface area contributed by atoms with Crippen LogP contribution in [0.5, 0.6) is 11.5 Å². The molecule has 0 spiro atoms. The summed E-state index contributed by atoms with van der Waals surface area (Å²) in [5, 5.41) is 9.46. The number of ether oxygens (including phenoxy) is 2. The average molecular weight is 355 g/mol. The molecule has 0 fully saturated rings. The molecule has 1 aromatic heterocycles. The summed E-state index contributed by atoms with van der Waals surface area (Å²) in [5.41, 5.74) is 2.13. The third-order valence-electron chi connectivity index (χ3n) is 3.76. The van der Waals surface area contributed by atoms with E-state index in [1.54, 1.807) is 18.9 Å². The summed E-state index contributed by atoms with van der Waals surface area (Å²) in [6.45, 7) is 2.67. The molecule has 3 aromatic rings. The lowest BCUT2D eigenvalue weighted by Gasteiger charge is -2.08. The molecule has 0 saturated carbocycles. The van der Waals surface area contributed by atoms with Crippen LogP contribution >= 0.6 is 11.8 Å². The fourth-order valence-corrected chi connectivity index (χ4v) is 3.23. The van der Waals surface area contributed by atoms with Crippen molar-refractivity contribution in [2.24, 2.45) is 7.05 Å². The number of hydrogen-bond donors (Lipinski definition) is 0. The Balaban J connectivity index is 1.62. The summed E-state index contributed by atoms with van der Waals surface area (Å²) < 4.78 is 13.2. The smallest absolute Gasteiger partial charge is 0.191 e. The predicted octanol–water partition coefficient (Wildman–Crippen LogP) is 3.97. The van der Waals surface area contributed by atoms with Crippen LogP contribution in [0.3, 0.4) is 0 Å². The van der Waals surface area contributed by atoms with Crippen LogP contribution in [0, 0.1) is 6.92 Å². The molecule has 5 nitrogen and oxygen atoms in total. The maximum absolute atomic E-state index is 5.78. The number of thioether (sulfide) groups is 1. The predicted molar refractivity (Wildman–Crippen MR) is 100 cm³/mol. The molecule has 0 bridgehead atoms. The van der Waals surface area contributed by atoms with Gasteiger partial charge in [-0.15, -0.1) is 10.2 Å². The molecule has 0 radical (unpaired) electrons. The molecular weight excluding hydrogens is 334 g/mol. The average Bonchev–Trinajstić information content (AvgIpc) is 2.99. The number of para-hydroxylation sites is 1. The zero-order valence-corrected chi connectivity index (χ0v) is 15.4. The van der Waals surface area contributed by atoms with Crippen LogP contribution in [-0.2, 0) is 7.05 Å². The molecule has 0 saturated heterocycles. The van der Waals surface area contributed by atoms with Crippen LogP contribution < -0.4 is 9.47 Å². The Kier molecular flexibility index (Phi) is 5.60. The van der Waals surface area contributed by atoms with E-state index in [1.165, 1.54) is 5.56 Å². The lowest BCUT2D eigenvalue weighted by Crippen LogP contribution is -2.02. The molecule has 0 aliphatic heterocycles. The molecule has 0 amide bonds. The van der Waals surface area contributed by atoms with E-state index < -0.39 is 0 Å². The standard InChI is InChI=1S/C19H21N3O2S/c1-14-7-6-8-15(13-14)24-11-12-25-19-21-20-18(22(19)2)16-9-4-5-10-17(16)23-3/h4-10,13H,11-12H2,1-3H3. The van der Waals surface area contributed by atoms with Crippen molar-refractivity contribution in [1.29, 1.82) is 0 Å². The first kappa shape index (κ1) is 17.4. The topological polar surface area (TPSA) is 49.2 Å². The van der Waals surface area contributed by atoms with Gasteiger partial charge in [0.1, 0.15) is 11.5 Å². The summed E-state index contributed by atoms with van der Waals surface area (Å²) in [6.07, 6.45) is 0. The Morgan fingerprint density at radius 1 is 1.08 bits per heavy atom. The molecule has 25 heavy (non-hydrogen) atoms. The number of aryl methyl sites for hydroxylation is 1. The largest absolute Gasteiger partial charge is 0.496 e. The van der Waals surface area contributed by atoms with Crippen LogP contribution in [0.25, 0.3) is 11.4 Å². The number of aromatic nitrogens is 3. The minimum Gasteiger partial charge on any atom is -0.496 e. The Morgan fingerprint density at radius 3 is 2.72 bits per heavy atom. The summed E-state index contributed by atoms with van der Waals surface area (Å²) in [7, 11) is 3.62. The van der Waals surface area contributed by atoms with Crippen LogP contribution in [0.1, 0.15) is 5.56 Å². The van der Waals surface area contributed by atoms with Gasteiger partial charge in [0.2, 0.25) is 0 Å². The lowest BCUT2D eigenvalue weighted by atomic mass is 10.2. The maximum atomic E-state index is 5.78. The quantitative estimate of drug-likeness (QED) is 0.474. The minimum absolute atomic E-state index is 0.616. The van der Waals surface area contributed by atoms with Gasteiger partial charge in [0.15, 0.2) is 11.0 Å². The number of hydrogen-bond acceptors (Lipinski definition) is 5. The van der Waals surface area contributed by atoms with Crippen molar-refractivity contribution in [2.75, 3.05) is 19.5 Å². The highest BCUT2D eigenvalue weighted by atomic mass is 32.2. The molecule has 6 heteroatoms. The fraction of sp³-hybridized carbons (Fsp3) is 0.263. The summed E-state index contributed by atoms with van der Waals surface area (Å²) in [5.74, 6) is 3.27. The second kappa shape index (κ2) is 8.07. The highest BCUT2D eigenvalue weighted by Crippen LogP contribution is 2.29. The molecule has 2 aromatic carbocycles. The molecule has 130 valence electrons. The Labute approximate surface area is 152 Å². The van der Waals surface area contributed by atoms with Gasteiger partial charge in [0, 0.05) is 12.8 Å². The van der Waals surface area contributed by atoms with Gasteiger partial charge < -0.3 is 14.0 Å². The zero-order chi connectivity index (χ0) is 17.6. The van der Waals surface area contributed by atoms with E-state index in [2.05, 4.69) is 23.2 Å². The van der Waals surface area contributed by atoms with Gasteiger partial charge in [0.05, 0.1) is 19.3 Å². The van der Waals surface area contributed by atoms with Crippen LogP contribution in [0.15, 0.2) is 53.7 Å². The first-order chi connectivity index (χ1) is 12.2. The molecule has 0 atom stereocenters. The summed E-state index contributed by atoms with van der Waals surface area (Å²) >= 11 is 1.62. The number of nitrogens with zero attached hydrogens (tertiary/aromatic N) is 3. The molecule has 1 heterocycles. The van der Waals surface area contributed by atoms with Crippen molar-refractivity contribution in [2.45, 2.75) is 12.1 Å². The van der Waals surface area contributed by atoms with Crippen molar-refractivity contribution in [3.8, 4) is 22.9 Å². The van der Waals surface area contributed by atoms with Gasteiger partial charge in [-0.1, -0.05) is 36.0 Å². The van der Waals surface area contributed by atoms with Gasteiger partial charge in [-0.3, -0.25) is 0 Å².